The molecule has 0 bridgehead atoms. The topological polar surface area (TPSA) is 43.9 Å². The lowest BCUT2D eigenvalue weighted by Gasteiger charge is -2.37. The number of hydrogen-bond donors (Lipinski definition) is 0. The molecule has 2 amide bonds. The Bertz CT molecular complexity index is 864. The van der Waals surface area contributed by atoms with Gasteiger partial charge < -0.3 is 14.7 Å². The number of amides is 2. The van der Waals surface area contributed by atoms with Crippen LogP contribution in [0, 0.1) is 11.7 Å². The average Bonchev–Trinajstić information content (AvgIpc) is 3.10. The summed E-state index contributed by atoms with van der Waals surface area (Å²) < 4.78 is 13.1. The summed E-state index contributed by atoms with van der Waals surface area (Å²) in [7, 11) is 0. The number of piperazine rings is 1. The summed E-state index contributed by atoms with van der Waals surface area (Å²) in [5.41, 5.74) is 1.71. The van der Waals surface area contributed by atoms with E-state index in [1.165, 1.54) is 12.1 Å². The van der Waals surface area contributed by atoms with Gasteiger partial charge in [0.15, 0.2) is 0 Å². The molecule has 7 heteroatoms. The van der Waals surface area contributed by atoms with Crippen molar-refractivity contribution in [2.45, 2.75) is 6.42 Å². The molecule has 0 saturated carbocycles. The molecule has 2 aliphatic heterocycles. The van der Waals surface area contributed by atoms with Crippen LogP contribution in [0.5, 0.6) is 0 Å². The third kappa shape index (κ3) is 3.69. The second kappa shape index (κ2) is 7.80. The largest absolute Gasteiger partial charge is 0.368 e. The molecule has 2 aromatic carbocycles. The maximum Gasteiger partial charge on any atom is 0.239 e. The van der Waals surface area contributed by atoms with Crippen molar-refractivity contribution in [3.8, 4) is 0 Å². The molecule has 2 saturated heterocycles. The Hall–Kier alpha value is -2.60. The number of benzene rings is 2. The minimum atomic E-state index is -0.618. The van der Waals surface area contributed by atoms with E-state index in [0.29, 0.717) is 44.2 Å². The van der Waals surface area contributed by atoms with Crippen LogP contribution in [-0.4, -0.2) is 49.4 Å². The van der Waals surface area contributed by atoms with Crippen LogP contribution >= 0.6 is 11.6 Å². The lowest BCUT2D eigenvalue weighted by atomic mass is 10.1. The molecule has 0 aliphatic carbocycles. The molecule has 2 fully saturated rings. The average molecular weight is 402 g/mol. The molecule has 2 aliphatic rings. The molecule has 0 N–H and O–H groups in total. The zero-order valence-corrected chi connectivity index (χ0v) is 16.1. The normalized spacial score (nSPS) is 20.0. The summed E-state index contributed by atoms with van der Waals surface area (Å²) in [4.78, 5) is 31.3. The Balaban J connectivity index is 1.37. The number of anilines is 2. The number of halogens is 2. The van der Waals surface area contributed by atoms with Gasteiger partial charge in [-0.1, -0.05) is 11.6 Å². The lowest BCUT2D eigenvalue weighted by Crippen LogP contribution is -2.51. The molecule has 0 unspecified atom stereocenters. The second-order valence-corrected chi connectivity index (χ2v) is 7.53. The molecular formula is C21H21ClFN3O2. The fraction of sp³-hybridized carbons (Fsp3) is 0.333. The Kier molecular flexibility index (Phi) is 5.22. The number of hydrogen-bond acceptors (Lipinski definition) is 3. The molecule has 0 radical (unpaired) electrons. The molecule has 1 atom stereocenters. The van der Waals surface area contributed by atoms with E-state index < -0.39 is 5.92 Å². The van der Waals surface area contributed by atoms with Gasteiger partial charge in [-0.15, -0.1) is 0 Å². The van der Waals surface area contributed by atoms with Gasteiger partial charge in [0.1, 0.15) is 11.7 Å². The van der Waals surface area contributed by atoms with E-state index in [2.05, 4.69) is 4.90 Å². The van der Waals surface area contributed by atoms with E-state index in [1.807, 2.05) is 0 Å². The van der Waals surface area contributed by atoms with Crippen molar-refractivity contribution in [1.29, 1.82) is 0 Å². The number of carbonyl (C=O) groups excluding carboxylic acids is 2. The van der Waals surface area contributed by atoms with Crippen molar-refractivity contribution >= 4 is 34.8 Å². The molecule has 2 aromatic rings. The molecule has 0 spiro atoms. The van der Waals surface area contributed by atoms with Crippen LogP contribution in [0.3, 0.4) is 0 Å². The Labute approximate surface area is 168 Å². The van der Waals surface area contributed by atoms with Gasteiger partial charge in [-0.3, -0.25) is 9.59 Å². The number of nitrogens with zero attached hydrogens (tertiary/aromatic N) is 3. The van der Waals surface area contributed by atoms with Crippen LogP contribution in [-0.2, 0) is 9.59 Å². The highest BCUT2D eigenvalue weighted by molar-refractivity contribution is 6.30. The van der Waals surface area contributed by atoms with E-state index in [0.717, 1.165) is 11.4 Å². The Morgan fingerprint density at radius 2 is 1.50 bits per heavy atom. The van der Waals surface area contributed by atoms with Crippen molar-refractivity contribution < 1.29 is 14.0 Å². The van der Waals surface area contributed by atoms with Crippen molar-refractivity contribution in [2.75, 3.05) is 42.5 Å². The standard InChI is InChI=1S/C21H21ClFN3O2/c22-15-1-5-18(6-2-15)26-10-9-19(21(26)28)20(27)25-13-11-24(12-14-25)17-7-3-16(23)4-8-17/h1-8,19H,9-14H2/t19-/m1/s1. The zero-order valence-electron chi connectivity index (χ0n) is 15.4. The third-order valence-corrected chi connectivity index (χ3v) is 5.68. The molecule has 2 heterocycles. The number of rotatable bonds is 3. The minimum Gasteiger partial charge on any atom is -0.368 e. The lowest BCUT2D eigenvalue weighted by molar-refractivity contribution is -0.140. The quantitative estimate of drug-likeness (QED) is 0.742. The van der Waals surface area contributed by atoms with Gasteiger partial charge in [0.2, 0.25) is 11.8 Å². The van der Waals surface area contributed by atoms with Crippen LogP contribution in [0.25, 0.3) is 0 Å². The van der Waals surface area contributed by atoms with Crippen LogP contribution < -0.4 is 9.80 Å². The van der Waals surface area contributed by atoms with Crippen molar-refractivity contribution in [1.82, 2.24) is 4.90 Å². The van der Waals surface area contributed by atoms with Gasteiger partial charge in [0.05, 0.1) is 0 Å². The maximum absolute atomic E-state index is 13.1. The van der Waals surface area contributed by atoms with Gasteiger partial charge in [0.25, 0.3) is 0 Å². The predicted octanol–water partition coefficient (Wildman–Crippen LogP) is 3.18. The van der Waals surface area contributed by atoms with E-state index in [-0.39, 0.29) is 17.6 Å². The summed E-state index contributed by atoms with van der Waals surface area (Å²) in [5, 5.41) is 0.613. The van der Waals surface area contributed by atoms with Crippen LogP contribution in [0.1, 0.15) is 6.42 Å². The van der Waals surface area contributed by atoms with Gasteiger partial charge in [0, 0.05) is 49.1 Å². The first-order valence-corrected chi connectivity index (χ1v) is 9.77. The highest BCUT2D eigenvalue weighted by Gasteiger charge is 2.40. The predicted molar refractivity (Wildman–Crippen MR) is 107 cm³/mol. The summed E-state index contributed by atoms with van der Waals surface area (Å²) in [6, 6.07) is 13.5. The smallest absolute Gasteiger partial charge is 0.239 e. The highest BCUT2D eigenvalue weighted by atomic mass is 35.5. The fourth-order valence-corrected chi connectivity index (χ4v) is 3.97. The Morgan fingerprint density at radius 3 is 2.14 bits per heavy atom. The summed E-state index contributed by atoms with van der Waals surface area (Å²) in [6.07, 6.45) is 0.526. The van der Waals surface area contributed by atoms with Gasteiger partial charge in [-0.05, 0) is 55.0 Å². The molecular weight excluding hydrogens is 381 g/mol. The van der Waals surface area contributed by atoms with Crippen LogP contribution in [0.4, 0.5) is 15.8 Å². The molecule has 4 rings (SSSR count). The van der Waals surface area contributed by atoms with Crippen LogP contribution in [0.15, 0.2) is 48.5 Å². The molecule has 146 valence electrons. The highest BCUT2D eigenvalue weighted by Crippen LogP contribution is 2.28. The summed E-state index contributed by atoms with van der Waals surface area (Å²) in [5.74, 6) is -1.12. The number of carbonyl (C=O) groups is 2. The second-order valence-electron chi connectivity index (χ2n) is 7.10. The first kappa shape index (κ1) is 18.7. The molecule has 28 heavy (non-hydrogen) atoms. The first-order chi connectivity index (χ1) is 13.5. The SMILES string of the molecule is O=C([C@H]1CCN(c2ccc(Cl)cc2)C1=O)N1CCN(c2ccc(F)cc2)CC1. The van der Waals surface area contributed by atoms with E-state index in [9.17, 15) is 14.0 Å². The minimum absolute atomic E-state index is 0.0970. The maximum atomic E-state index is 13.1. The molecule has 5 nitrogen and oxygen atoms in total. The molecule has 0 aromatic heterocycles. The Morgan fingerprint density at radius 1 is 0.893 bits per heavy atom. The summed E-state index contributed by atoms with van der Waals surface area (Å²) in [6.45, 7) is 2.98. The van der Waals surface area contributed by atoms with E-state index in [1.54, 1.807) is 46.2 Å². The summed E-state index contributed by atoms with van der Waals surface area (Å²) >= 11 is 5.91. The van der Waals surface area contributed by atoms with Crippen molar-refractivity contribution in [3.05, 3.63) is 59.4 Å². The fourth-order valence-electron chi connectivity index (χ4n) is 3.84. The van der Waals surface area contributed by atoms with Crippen molar-refractivity contribution in [2.24, 2.45) is 5.92 Å². The van der Waals surface area contributed by atoms with Gasteiger partial charge >= 0.3 is 0 Å². The third-order valence-electron chi connectivity index (χ3n) is 5.43. The van der Waals surface area contributed by atoms with Gasteiger partial charge in [-0.2, -0.15) is 0 Å². The first-order valence-electron chi connectivity index (χ1n) is 9.39. The zero-order chi connectivity index (χ0) is 19.7. The van der Waals surface area contributed by atoms with E-state index in [4.69, 9.17) is 11.6 Å². The monoisotopic (exact) mass is 401 g/mol. The van der Waals surface area contributed by atoms with E-state index >= 15 is 0 Å². The van der Waals surface area contributed by atoms with Crippen molar-refractivity contribution in [3.63, 3.8) is 0 Å². The van der Waals surface area contributed by atoms with Crippen LogP contribution in [0.2, 0.25) is 5.02 Å². The van der Waals surface area contributed by atoms with Gasteiger partial charge in [-0.25, -0.2) is 4.39 Å².